The smallest absolute Gasteiger partial charge is 0.407 e. The van der Waals surface area contributed by atoms with Gasteiger partial charge in [0.05, 0.1) is 46.0 Å². The summed E-state index contributed by atoms with van der Waals surface area (Å²) in [5.74, 6) is -3.04. The summed E-state index contributed by atoms with van der Waals surface area (Å²) in [6.07, 6.45) is 0.281. The van der Waals surface area contributed by atoms with Gasteiger partial charge >= 0.3 is 24.0 Å². The number of rotatable bonds is 20. The van der Waals surface area contributed by atoms with E-state index in [4.69, 9.17) is 14.2 Å². The zero-order chi connectivity index (χ0) is 38.7. The van der Waals surface area contributed by atoms with Crippen molar-refractivity contribution in [3.8, 4) is 11.1 Å². The van der Waals surface area contributed by atoms with Crippen molar-refractivity contribution in [2.45, 2.75) is 18.8 Å². The van der Waals surface area contributed by atoms with E-state index in [2.05, 4.69) is 29.6 Å². The minimum atomic E-state index is -1.02. The average molecular weight is 756 g/mol. The van der Waals surface area contributed by atoms with Crippen molar-refractivity contribution in [3.05, 3.63) is 59.7 Å². The van der Waals surface area contributed by atoms with Gasteiger partial charge in [0, 0.05) is 77.8 Å². The Hall–Kier alpha value is -4.45. The van der Waals surface area contributed by atoms with E-state index in [9.17, 15) is 39.3 Å². The van der Waals surface area contributed by atoms with E-state index in [1.54, 1.807) is 14.7 Å². The first-order valence-corrected chi connectivity index (χ1v) is 18.4. The molecule has 1 heterocycles. The van der Waals surface area contributed by atoms with E-state index < -0.39 is 24.0 Å². The molecule has 4 N–H and O–H groups in total. The Morgan fingerprint density at radius 2 is 1.02 bits per heavy atom. The van der Waals surface area contributed by atoms with E-state index in [0.29, 0.717) is 78.6 Å². The van der Waals surface area contributed by atoms with Crippen LogP contribution in [0.5, 0.6) is 0 Å². The van der Waals surface area contributed by atoms with Crippen molar-refractivity contribution in [1.82, 2.24) is 24.9 Å². The first-order valence-electron chi connectivity index (χ1n) is 18.4. The Kier molecular flexibility index (Phi) is 17.8. The molecule has 0 saturated carbocycles. The van der Waals surface area contributed by atoms with Crippen LogP contribution in [0.4, 0.5) is 4.79 Å². The van der Waals surface area contributed by atoms with Crippen LogP contribution in [0, 0.1) is 0 Å². The predicted octanol–water partition coefficient (Wildman–Crippen LogP) is 1.38. The van der Waals surface area contributed by atoms with Gasteiger partial charge in [0.15, 0.2) is 0 Å². The summed E-state index contributed by atoms with van der Waals surface area (Å²) in [5, 5.41) is 30.8. The van der Waals surface area contributed by atoms with Gasteiger partial charge in [-0.2, -0.15) is 0 Å². The van der Waals surface area contributed by atoms with E-state index in [0.717, 1.165) is 11.1 Å². The number of aliphatic carboxylic acids is 3. The summed E-state index contributed by atoms with van der Waals surface area (Å²) in [4.78, 5) is 66.6. The van der Waals surface area contributed by atoms with Crippen LogP contribution < -0.4 is 5.32 Å². The standard InChI is InChI=1S/C38H53N5O11/c44-29(24-40-12-14-41(25-35(45)46)16-18-43(27-37(49)50)19-17-42(15-13-40)26-36(47)48)6-5-20-52-22-23-53-21-11-39-38(51)54-28-34-32-9-3-1-7-30(32)31-8-2-4-10-33(31)34/h1-4,7-10,34H,5-6,11-28H2,(H,39,51)(H,45,46)(H,47,48)(H,49,50). The fourth-order valence-corrected chi connectivity index (χ4v) is 6.68. The Labute approximate surface area is 315 Å². The Balaban J connectivity index is 1.09. The largest absolute Gasteiger partial charge is 0.480 e. The molecule has 2 aromatic rings. The zero-order valence-corrected chi connectivity index (χ0v) is 30.7. The number of carbonyl (C=O) groups excluding carboxylic acids is 2. The van der Waals surface area contributed by atoms with Crippen molar-refractivity contribution >= 4 is 29.8 Å². The molecule has 0 unspecified atom stereocenters. The molecule has 54 heavy (non-hydrogen) atoms. The second kappa shape index (κ2) is 22.7. The second-order valence-corrected chi connectivity index (χ2v) is 13.4. The molecule has 16 nitrogen and oxygen atoms in total. The van der Waals surface area contributed by atoms with Crippen LogP contribution in [0.3, 0.4) is 0 Å². The van der Waals surface area contributed by atoms with Crippen molar-refractivity contribution in [3.63, 3.8) is 0 Å². The van der Waals surface area contributed by atoms with Gasteiger partial charge in [-0.1, -0.05) is 48.5 Å². The predicted molar refractivity (Wildman–Crippen MR) is 198 cm³/mol. The third-order valence-electron chi connectivity index (χ3n) is 9.38. The Morgan fingerprint density at radius 3 is 1.48 bits per heavy atom. The topological polar surface area (TPSA) is 199 Å². The van der Waals surface area contributed by atoms with Crippen LogP contribution in [0.1, 0.15) is 29.9 Å². The summed E-state index contributed by atoms with van der Waals surface area (Å²) in [6, 6.07) is 16.3. The third kappa shape index (κ3) is 14.8. The van der Waals surface area contributed by atoms with Gasteiger partial charge in [0.1, 0.15) is 12.4 Å². The zero-order valence-electron chi connectivity index (χ0n) is 30.7. The maximum atomic E-state index is 12.9. The van der Waals surface area contributed by atoms with Crippen LogP contribution >= 0.6 is 0 Å². The quantitative estimate of drug-likeness (QED) is 0.141. The minimum Gasteiger partial charge on any atom is -0.480 e. The molecule has 2 aliphatic rings. The first kappa shape index (κ1) is 42.3. The summed E-state index contributed by atoms with van der Waals surface area (Å²) >= 11 is 0. The van der Waals surface area contributed by atoms with Gasteiger partial charge < -0.3 is 34.8 Å². The van der Waals surface area contributed by atoms with Crippen LogP contribution in [-0.2, 0) is 33.4 Å². The molecule has 1 aliphatic heterocycles. The number of hydrogen-bond donors (Lipinski definition) is 4. The van der Waals surface area contributed by atoms with Crippen LogP contribution in [0.25, 0.3) is 11.1 Å². The molecule has 0 radical (unpaired) electrons. The average Bonchev–Trinajstić information content (AvgIpc) is 3.45. The molecule has 1 fully saturated rings. The number of benzene rings is 2. The normalized spacial score (nSPS) is 16.4. The SMILES string of the molecule is O=C(O)CN1CCN(CC(=O)O)CCN(CC(=O)CCCOCCOCCNC(=O)OCC2c3ccccc3-c3ccccc32)CCN(CC(=O)O)CC1. The molecular formula is C38H53N5O11. The number of ether oxygens (including phenoxy) is 3. The highest BCUT2D eigenvalue weighted by molar-refractivity contribution is 5.80. The lowest BCUT2D eigenvalue weighted by molar-refractivity contribution is -0.140. The van der Waals surface area contributed by atoms with Gasteiger partial charge in [0.25, 0.3) is 0 Å². The first-order chi connectivity index (χ1) is 26.1. The van der Waals surface area contributed by atoms with Crippen molar-refractivity contribution in [2.24, 2.45) is 0 Å². The fourth-order valence-electron chi connectivity index (χ4n) is 6.68. The number of amides is 1. The van der Waals surface area contributed by atoms with E-state index in [1.807, 2.05) is 29.2 Å². The minimum absolute atomic E-state index is 0.0105. The number of Topliss-reactive ketones (excluding diaryl/α,β-unsaturated/α-hetero) is 1. The Morgan fingerprint density at radius 1 is 0.593 bits per heavy atom. The molecule has 0 spiro atoms. The van der Waals surface area contributed by atoms with Crippen LogP contribution in [-0.4, -0.2) is 183 Å². The summed E-state index contributed by atoms with van der Waals surface area (Å²) < 4.78 is 16.7. The molecule has 2 aromatic carbocycles. The molecule has 0 aromatic heterocycles. The van der Waals surface area contributed by atoms with Crippen molar-refractivity contribution in [2.75, 3.05) is 118 Å². The lowest BCUT2D eigenvalue weighted by Gasteiger charge is -2.32. The summed E-state index contributed by atoms with van der Waals surface area (Å²) in [6.45, 7) is 4.01. The number of carboxylic acids is 3. The van der Waals surface area contributed by atoms with E-state index >= 15 is 0 Å². The monoisotopic (exact) mass is 755 g/mol. The molecule has 0 atom stereocenters. The number of nitrogens with zero attached hydrogens (tertiary/aromatic N) is 4. The van der Waals surface area contributed by atoms with E-state index in [1.165, 1.54) is 11.1 Å². The molecule has 0 bridgehead atoms. The molecule has 4 rings (SSSR count). The molecule has 16 heteroatoms. The van der Waals surface area contributed by atoms with E-state index in [-0.39, 0.29) is 64.1 Å². The highest BCUT2D eigenvalue weighted by Crippen LogP contribution is 2.44. The maximum absolute atomic E-state index is 12.9. The number of nitrogens with one attached hydrogen (secondary N) is 1. The van der Waals surface area contributed by atoms with Crippen molar-refractivity contribution < 1.29 is 53.5 Å². The lowest BCUT2D eigenvalue weighted by Crippen LogP contribution is -2.49. The summed E-state index contributed by atoms with van der Waals surface area (Å²) in [5.41, 5.74) is 4.63. The third-order valence-corrected chi connectivity index (χ3v) is 9.38. The van der Waals surface area contributed by atoms with Crippen molar-refractivity contribution in [1.29, 1.82) is 0 Å². The number of fused-ring (bicyclic) bond motifs is 3. The Bertz CT molecular complexity index is 1470. The molecule has 296 valence electrons. The maximum Gasteiger partial charge on any atom is 0.407 e. The summed E-state index contributed by atoms with van der Waals surface area (Å²) in [7, 11) is 0. The second-order valence-electron chi connectivity index (χ2n) is 13.4. The highest BCUT2D eigenvalue weighted by atomic mass is 16.6. The van der Waals surface area contributed by atoms with Gasteiger partial charge in [-0.15, -0.1) is 0 Å². The number of ketones is 1. The molecule has 1 saturated heterocycles. The highest BCUT2D eigenvalue weighted by Gasteiger charge is 2.29. The van der Waals surface area contributed by atoms with Gasteiger partial charge in [-0.25, -0.2) is 4.79 Å². The van der Waals surface area contributed by atoms with Crippen LogP contribution in [0.2, 0.25) is 0 Å². The van der Waals surface area contributed by atoms with Gasteiger partial charge in [-0.3, -0.25) is 38.8 Å². The molecular weight excluding hydrogens is 702 g/mol. The fraction of sp³-hybridized carbons (Fsp3) is 0.553. The number of hydrogen-bond acceptors (Lipinski definition) is 12. The number of alkyl carbamates (subject to hydrolysis) is 1. The number of carbonyl (C=O) groups is 5. The molecule has 1 aliphatic carbocycles. The van der Waals surface area contributed by atoms with Gasteiger partial charge in [-0.05, 0) is 28.7 Å². The van der Waals surface area contributed by atoms with Crippen LogP contribution in [0.15, 0.2) is 48.5 Å². The molecule has 1 amide bonds. The lowest BCUT2D eigenvalue weighted by atomic mass is 9.98. The van der Waals surface area contributed by atoms with Gasteiger partial charge in [0.2, 0.25) is 0 Å². The number of carboxylic acid groups (broad SMARTS) is 3.